The van der Waals surface area contributed by atoms with E-state index in [9.17, 15) is 14.6 Å². The summed E-state index contributed by atoms with van der Waals surface area (Å²) in [5.74, 6) is 0.0999. The number of aliphatic hydroxyl groups is 1. The monoisotopic (exact) mass is 328 g/mol. The van der Waals surface area contributed by atoms with Gasteiger partial charge in [-0.15, -0.1) is 0 Å². The molecule has 1 unspecified atom stereocenters. The van der Waals surface area contributed by atoms with E-state index in [0.29, 0.717) is 0 Å². The van der Waals surface area contributed by atoms with Crippen molar-refractivity contribution in [3.8, 4) is 22.8 Å². The molecule has 0 amide bonds. The molecule has 2 N–H and O–H groups in total. The largest absolute Gasteiger partial charge is 0.508 e. The van der Waals surface area contributed by atoms with Gasteiger partial charge in [0.15, 0.2) is 0 Å². The van der Waals surface area contributed by atoms with Gasteiger partial charge in [0.2, 0.25) is 0 Å². The molecule has 3 aromatic rings. The number of rotatable bonds is 5. The van der Waals surface area contributed by atoms with E-state index in [1.807, 2.05) is 30.3 Å². The summed E-state index contributed by atoms with van der Waals surface area (Å²) in [5, 5.41) is 24.4. The highest BCUT2D eigenvalue weighted by atomic mass is 19.1. The molecular formula is C18H17FN2O3. The lowest BCUT2D eigenvalue weighted by Gasteiger charge is -2.12. The summed E-state index contributed by atoms with van der Waals surface area (Å²) in [6, 6.07) is 12.8. The Morgan fingerprint density at radius 1 is 1.17 bits per heavy atom. The van der Waals surface area contributed by atoms with Crippen LogP contribution in [-0.2, 0) is 6.54 Å². The van der Waals surface area contributed by atoms with Crippen LogP contribution in [0.1, 0.15) is 11.7 Å². The molecule has 124 valence electrons. The minimum atomic E-state index is -1.07. The molecule has 0 bridgehead atoms. The molecule has 0 saturated heterocycles. The van der Waals surface area contributed by atoms with Gasteiger partial charge in [-0.2, -0.15) is 5.10 Å². The molecule has 0 saturated carbocycles. The van der Waals surface area contributed by atoms with Gasteiger partial charge in [0.1, 0.15) is 23.4 Å². The van der Waals surface area contributed by atoms with E-state index in [1.54, 1.807) is 18.0 Å². The van der Waals surface area contributed by atoms with Gasteiger partial charge in [0, 0.05) is 17.3 Å². The van der Waals surface area contributed by atoms with Crippen molar-refractivity contribution >= 4 is 0 Å². The van der Waals surface area contributed by atoms with Crippen molar-refractivity contribution in [3.05, 3.63) is 66.1 Å². The molecule has 5 nitrogen and oxygen atoms in total. The van der Waals surface area contributed by atoms with Crippen molar-refractivity contribution in [3.63, 3.8) is 0 Å². The number of phenols is 1. The van der Waals surface area contributed by atoms with Crippen LogP contribution >= 0.6 is 0 Å². The summed E-state index contributed by atoms with van der Waals surface area (Å²) >= 11 is 0. The van der Waals surface area contributed by atoms with E-state index in [-0.39, 0.29) is 17.9 Å². The molecule has 0 spiro atoms. The Hall–Kier alpha value is -2.86. The molecule has 1 atom stereocenters. The van der Waals surface area contributed by atoms with Gasteiger partial charge >= 0.3 is 0 Å². The van der Waals surface area contributed by atoms with Crippen LogP contribution in [0.15, 0.2) is 54.7 Å². The van der Waals surface area contributed by atoms with Crippen LogP contribution in [0.3, 0.4) is 0 Å². The Kier molecular flexibility index (Phi) is 4.48. The number of aromatic nitrogens is 2. The first-order valence-electron chi connectivity index (χ1n) is 7.41. The SMILES string of the molecule is COc1ccc(-c2ccn(CC(O)c3cc(F)ccc3O)n2)cc1. The molecular weight excluding hydrogens is 311 g/mol. The van der Waals surface area contributed by atoms with E-state index in [2.05, 4.69) is 5.10 Å². The second kappa shape index (κ2) is 6.72. The standard InChI is InChI=1S/C18H17FN2O3/c1-24-14-5-2-12(3-6-14)16-8-9-21(20-16)11-18(23)15-10-13(19)4-7-17(15)22/h2-10,18,22-23H,11H2,1H3. The second-order valence-electron chi connectivity index (χ2n) is 5.37. The predicted molar refractivity (Wildman–Crippen MR) is 87.2 cm³/mol. The Balaban J connectivity index is 1.76. The molecule has 0 aliphatic heterocycles. The number of hydrogen-bond acceptors (Lipinski definition) is 4. The summed E-state index contributed by atoms with van der Waals surface area (Å²) in [6.07, 6.45) is 0.656. The highest BCUT2D eigenvalue weighted by molar-refractivity contribution is 5.59. The fourth-order valence-corrected chi connectivity index (χ4v) is 2.45. The number of ether oxygens (including phenoxy) is 1. The first-order valence-corrected chi connectivity index (χ1v) is 7.41. The summed E-state index contributed by atoms with van der Waals surface area (Å²) in [6.45, 7) is 0.104. The molecule has 3 rings (SSSR count). The fourth-order valence-electron chi connectivity index (χ4n) is 2.45. The smallest absolute Gasteiger partial charge is 0.123 e. The van der Waals surface area contributed by atoms with Gasteiger partial charge in [-0.3, -0.25) is 4.68 Å². The molecule has 0 aliphatic rings. The summed E-state index contributed by atoms with van der Waals surface area (Å²) in [7, 11) is 1.60. The van der Waals surface area contributed by atoms with E-state index in [0.717, 1.165) is 29.1 Å². The van der Waals surface area contributed by atoms with Crippen LogP contribution in [0.2, 0.25) is 0 Å². The Morgan fingerprint density at radius 3 is 2.62 bits per heavy atom. The molecule has 1 heterocycles. The Labute approximate surface area is 138 Å². The number of nitrogens with zero attached hydrogens (tertiary/aromatic N) is 2. The third-order valence-corrected chi connectivity index (χ3v) is 3.74. The lowest BCUT2D eigenvalue weighted by molar-refractivity contribution is 0.148. The molecule has 2 aromatic carbocycles. The van der Waals surface area contributed by atoms with E-state index in [1.165, 1.54) is 6.07 Å². The number of aliphatic hydroxyl groups excluding tert-OH is 1. The summed E-state index contributed by atoms with van der Waals surface area (Å²) < 4.78 is 19.9. The summed E-state index contributed by atoms with van der Waals surface area (Å²) in [5.41, 5.74) is 1.79. The quantitative estimate of drug-likeness (QED) is 0.755. The lowest BCUT2D eigenvalue weighted by atomic mass is 10.1. The lowest BCUT2D eigenvalue weighted by Crippen LogP contribution is -2.09. The van der Waals surface area contributed by atoms with Crippen molar-refractivity contribution in [2.45, 2.75) is 12.6 Å². The molecule has 6 heteroatoms. The van der Waals surface area contributed by atoms with Crippen molar-refractivity contribution < 1.29 is 19.3 Å². The van der Waals surface area contributed by atoms with Gasteiger partial charge in [0.25, 0.3) is 0 Å². The normalized spacial score (nSPS) is 12.1. The minimum absolute atomic E-state index is 0.104. The number of benzene rings is 2. The van der Waals surface area contributed by atoms with Crippen LogP contribution in [0.4, 0.5) is 4.39 Å². The number of aromatic hydroxyl groups is 1. The summed E-state index contributed by atoms with van der Waals surface area (Å²) in [4.78, 5) is 0. The second-order valence-corrected chi connectivity index (χ2v) is 5.37. The molecule has 24 heavy (non-hydrogen) atoms. The van der Waals surface area contributed by atoms with Crippen molar-refractivity contribution in [2.24, 2.45) is 0 Å². The van der Waals surface area contributed by atoms with Crippen molar-refractivity contribution in [1.82, 2.24) is 9.78 Å². The van der Waals surface area contributed by atoms with Crippen LogP contribution < -0.4 is 4.74 Å². The van der Waals surface area contributed by atoms with Crippen LogP contribution in [0, 0.1) is 5.82 Å². The van der Waals surface area contributed by atoms with E-state index < -0.39 is 11.9 Å². The predicted octanol–water partition coefficient (Wildman–Crippen LogP) is 3.14. The average molecular weight is 328 g/mol. The van der Waals surface area contributed by atoms with Crippen LogP contribution in [0.25, 0.3) is 11.3 Å². The van der Waals surface area contributed by atoms with E-state index >= 15 is 0 Å². The zero-order valence-corrected chi connectivity index (χ0v) is 13.1. The van der Waals surface area contributed by atoms with E-state index in [4.69, 9.17) is 4.74 Å². The highest BCUT2D eigenvalue weighted by Crippen LogP contribution is 2.26. The number of phenolic OH excluding ortho intramolecular Hbond substituents is 1. The fraction of sp³-hybridized carbons (Fsp3) is 0.167. The first-order chi connectivity index (χ1) is 11.6. The van der Waals surface area contributed by atoms with Gasteiger partial charge in [-0.05, 0) is 48.5 Å². The maximum atomic E-state index is 13.3. The van der Waals surface area contributed by atoms with Gasteiger partial charge in [-0.25, -0.2) is 4.39 Å². The first kappa shape index (κ1) is 16.0. The van der Waals surface area contributed by atoms with Crippen LogP contribution in [0.5, 0.6) is 11.5 Å². The van der Waals surface area contributed by atoms with Crippen molar-refractivity contribution in [1.29, 1.82) is 0 Å². The Bertz CT molecular complexity index is 831. The van der Waals surface area contributed by atoms with Crippen LogP contribution in [-0.4, -0.2) is 27.1 Å². The van der Waals surface area contributed by atoms with Gasteiger partial charge < -0.3 is 14.9 Å². The zero-order chi connectivity index (χ0) is 17.1. The van der Waals surface area contributed by atoms with Crippen molar-refractivity contribution in [2.75, 3.05) is 7.11 Å². The van der Waals surface area contributed by atoms with Gasteiger partial charge in [0.05, 0.1) is 19.3 Å². The topological polar surface area (TPSA) is 67.5 Å². The third-order valence-electron chi connectivity index (χ3n) is 3.74. The minimum Gasteiger partial charge on any atom is -0.508 e. The highest BCUT2D eigenvalue weighted by Gasteiger charge is 2.15. The maximum Gasteiger partial charge on any atom is 0.123 e. The number of methoxy groups -OCH3 is 1. The molecule has 0 aliphatic carbocycles. The molecule has 1 aromatic heterocycles. The number of hydrogen-bond donors (Lipinski definition) is 2. The molecule has 0 fully saturated rings. The van der Waals surface area contributed by atoms with Gasteiger partial charge in [-0.1, -0.05) is 0 Å². The maximum absolute atomic E-state index is 13.3. The Morgan fingerprint density at radius 2 is 1.92 bits per heavy atom. The molecule has 0 radical (unpaired) electrons. The average Bonchev–Trinajstić information content (AvgIpc) is 3.05. The third kappa shape index (κ3) is 3.38. The zero-order valence-electron chi connectivity index (χ0n) is 13.1. The number of halogens is 1.